The van der Waals surface area contributed by atoms with Crippen molar-refractivity contribution in [1.29, 1.82) is 0 Å². The van der Waals surface area contributed by atoms with Crippen LogP contribution in [0.15, 0.2) is 47.5 Å². The zero-order chi connectivity index (χ0) is 19.7. The van der Waals surface area contributed by atoms with Gasteiger partial charge in [-0.1, -0.05) is 41.4 Å². The Morgan fingerprint density at radius 1 is 1.26 bits per heavy atom. The Morgan fingerprint density at radius 2 is 2.00 bits per heavy atom. The molecule has 0 fully saturated rings. The number of amides is 1. The van der Waals surface area contributed by atoms with E-state index < -0.39 is 0 Å². The van der Waals surface area contributed by atoms with Gasteiger partial charge in [-0.15, -0.1) is 0 Å². The Bertz CT molecular complexity index is 1080. The number of para-hydroxylation sites is 1. The standard InChI is InChI=1S/C20H19Cl2N3O2/c1-12-5-4-6-16-19(12)23-11-25(20(16)27)10-18(26)24(3)13(2)15-8-7-14(21)9-17(15)22/h4-9,11,13H,10H2,1-3H3. The molecule has 0 aliphatic rings. The lowest BCUT2D eigenvalue weighted by Crippen LogP contribution is -2.35. The number of aryl methyl sites for hydroxylation is 1. The van der Waals surface area contributed by atoms with Crippen molar-refractivity contribution in [2.24, 2.45) is 0 Å². The van der Waals surface area contributed by atoms with E-state index in [1.807, 2.05) is 26.0 Å². The van der Waals surface area contributed by atoms with Gasteiger partial charge in [0.2, 0.25) is 5.91 Å². The van der Waals surface area contributed by atoms with Gasteiger partial charge in [0.15, 0.2) is 0 Å². The smallest absolute Gasteiger partial charge is 0.261 e. The maximum atomic E-state index is 12.7. The minimum Gasteiger partial charge on any atom is -0.337 e. The number of halogens is 2. The number of hydrogen-bond donors (Lipinski definition) is 0. The molecule has 1 unspecified atom stereocenters. The van der Waals surface area contributed by atoms with Gasteiger partial charge in [0.05, 0.1) is 23.3 Å². The summed E-state index contributed by atoms with van der Waals surface area (Å²) in [4.78, 5) is 31.3. The first-order valence-electron chi connectivity index (χ1n) is 8.45. The maximum absolute atomic E-state index is 12.7. The molecule has 140 valence electrons. The van der Waals surface area contributed by atoms with Gasteiger partial charge >= 0.3 is 0 Å². The highest BCUT2D eigenvalue weighted by Crippen LogP contribution is 2.29. The van der Waals surface area contributed by atoms with Gasteiger partial charge in [0.25, 0.3) is 5.56 Å². The molecule has 0 bridgehead atoms. The van der Waals surface area contributed by atoms with Crippen molar-refractivity contribution in [3.8, 4) is 0 Å². The van der Waals surface area contributed by atoms with Crippen LogP contribution >= 0.6 is 23.2 Å². The predicted octanol–water partition coefficient (Wildman–Crippen LogP) is 4.23. The summed E-state index contributed by atoms with van der Waals surface area (Å²) in [6, 6.07) is 10.3. The van der Waals surface area contributed by atoms with Crippen LogP contribution in [0.5, 0.6) is 0 Å². The van der Waals surface area contributed by atoms with E-state index in [-0.39, 0.29) is 24.1 Å². The number of hydrogen-bond acceptors (Lipinski definition) is 3. The minimum absolute atomic E-state index is 0.0955. The molecule has 3 rings (SSSR count). The number of likely N-dealkylation sites (N-methyl/N-ethyl adjacent to an activating group) is 1. The summed E-state index contributed by atoms with van der Waals surface area (Å²) in [7, 11) is 1.68. The van der Waals surface area contributed by atoms with Crippen LogP contribution in [-0.2, 0) is 11.3 Å². The number of aromatic nitrogens is 2. The van der Waals surface area contributed by atoms with Crippen molar-refractivity contribution in [2.45, 2.75) is 26.4 Å². The highest BCUT2D eigenvalue weighted by molar-refractivity contribution is 6.35. The molecule has 1 amide bonds. The molecule has 3 aromatic rings. The van der Waals surface area contributed by atoms with E-state index in [1.165, 1.54) is 10.9 Å². The molecule has 1 aromatic heterocycles. The average molecular weight is 404 g/mol. The number of benzene rings is 2. The second-order valence-corrected chi connectivity index (χ2v) is 7.34. The van der Waals surface area contributed by atoms with Gasteiger partial charge in [0.1, 0.15) is 6.54 Å². The van der Waals surface area contributed by atoms with E-state index >= 15 is 0 Å². The first kappa shape index (κ1) is 19.4. The van der Waals surface area contributed by atoms with Crippen molar-refractivity contribution < 1.29 is 4.79 Å². The third-order valence-corrected chi connectivity index (χ3v) is 5.31. The summed E-state index contributed by atoms with van der Waals surface area (Å²) in [6.07, 6.45) is 1.42. The van der Waals surface area contributed by atoms with Gasteiger partial charge in [-0.25, -0.2) is 4.98 Å². The first-order chi connectivity index (χ1) is 12.8. The lowest BCUT2D eigenvalue weighted by atomic mass is 10.1. The van der Waals surface area contributed by atoms with E-state index in [1.54, 1.807) is 36.2 Å². The second-order valence-electron chi connectivity index (χ2n) is 6.50. The van der Waals surface area contributed by atoms with Crippen LogP contribution in [0.2, 0.25) is 10.0 Å². The van der Waals surface area contributed by atoms with Crippen LogP contribution in [0.25, 0.3) is 10.9 Å². The number of rotatable bonds is 4. The van der Waals surface area contributed by atoms with Gasteiger partial charge < -0.3 is 4.90 Å². The molecular weight excluding hydrogens is 385 g/mol. The van der Waals surface area contributed by atoms with Crippen LogP contribution < -0.4 is 5.56 Å². The van der Waals surface area contributed by atoms with Gasteiger partial charge in [0, 0.05) is 17.1 Å². The van der Waals surface area contributed by atoms with Gasteiger partial charge in [-0.3, -0.25) is 14.2 Å². The highest BCUT2D eigenvalue weighted by Gasteiger charge is 2.20. The van der Waals surface area contributed by atoms with Crippen molar-refractivity contribution >= 4 is 40.0 Å². The van der Waals surface area contributed by atoms with E-state index in [2.05, 4.69) is 4.98 Å². The fourth-order valence-electron chi connectivity index (χ4n) is 2.97. The Morgan fingerprint density at radius 3 is 2.70 bits per heavy atom. The predicted molar refractivity (Wildman–Crippen MR) is 108 cm³/mol. The number of carbonyl (C=O) groups is 1. The van der Waals surface area contributed by atoms with Crippen LogP contribution in [0, 0.1) is 6.92 Å². The number of carbonyl (C=O) groups excluding carboxylic acids is 1. The zero-order valence-corrected chi connectivity index (χ0v) is 16.8. The topological polar surface area (TPSA) is 55.2 Å². The summed E-state index contributed by atoms with van der Waals surface area (Å²) in [6.45, 7) is 3.68. The van der Waals surface area contributed by atoms with Crippen LogP contribution in [0.4, 0.5) is 0 Å². The fourth-order valence-corrected chi connectivity index (χ4v) is 3.54. The van der Waals surface area contributed by atoms with E-state index in [0.717, 1.165) is 11.1 Å². The molecular formula is C20H19Cl2N3O2. The fraction of sp³-hybridized carbons (Fsp3) is 0.250. The summed E-state index contributed by atoms with van der Waals surface area (Å²) in [5, 5.41) is 1.53. The maximum Gasteiger partial charge on any atom is 0.261 e. The Kier molecular flexibility index (Phi) is 5.53. The average Bonchev–Trinajstić information content (AvgIpc) is 2.63. The lowest BCUT2D eigenvalue weighted by Gasteiger charge is -2.26. The van der Waals surface area contributed by atoms with Gasteiger partial charge in [-0.05, 0) is 43.2 Å². The summed E-state index contributed by atoms with van der Waals surface area (Å²) < 4.78 is 1.33. The van der Waals surface area contributed by atoms with E-state index in [9.17, 15) is 9.59 Å². The van der Waals surface area contributed by atoms with Crippen molar-refractivity contribution in [3.63, 3.8) is 0 Å². The third-order valence-electron chi connectivity index (χ3n) is 4.75. The Balaban J connectivity index is 1.85. The second kappa shape index (κ2) is 7.71. The molecule has 7 heteroatoms. The molecule has 0 aliphatic heterocycles. The molecule has 1 atom stereocenters. The Labute approximate surface area is 167 Å². The molecule has 0 saturated heterocycles. The SMILES string of the molecule is Cc1cccc2c(=O)n(CC(=O)N(C)C(C)c3ccc(Cl)cc3Cl)cnc12. The molecule has 5 nitrogen and oxygen atoms in total. The molecule has 0 aliphatic carbocycles. The monoisotopic (exact) mass is 403 g/mol. The molecule has 0 N–H and O–H groups in total. The van der Waals surface area contributed by atoms with Crippen molar-refractivity contribution in [3.05, 3.63) is 74.3 Å². The molecule has 0 spiro atoms. The Hall–Kier alpha value is -2.37. The molecule has 1 heterocycles. The number of nitrogens with zero attached hydrogens (tertiary/aromatic N) is 3. The molecule has 2 aromatic carbocycles. The molecule has 0 radical (unpaired) electrons. The van der Waals surface area contributed by atoms with Crippen LogP contribution in [0.1, 0.15) is 24.1 Å². The first-order valence-corrected chi connectivity index (χ1v) is 9.20. The lowest BCUT2D eigenvalue weighted by molar-refractivity contribution is -0.132. The molecule has 0 saturated carbocycles. The van der Waals surface area contributed by atoms with E-state index in [4.69, 9.17) is 23.2 Å². The summed E-state index contributed by atoms with van der Waals surface area (Å²) in [5.41, 5.74) is 2.13. The minimum atomic E-state index is -0.270. The zero-order valence-electron chi connectivity index (χ0n) is 15.2. The van der Waals surface area contributed by atoms with Crippen molar-refractivity contribution in [2.75, 3.05) is 7.05 Å². The number of fused-ring (bicyclic) bond motifs is 1. The van der Waals surface area contributed by atoms with Crippen LogP contribution in [-0.4, -0.2) is 27.4 Å². The summed E-state index contributed by atoms with van der Waals surface area (Å²) >= 11 is 12.2. The third kappa shape index (κ3) is 3.84. The highest BCUT2D eigenvalue weighted by atomic mass is 35.5. The molecule has 27 heavy (non-hydrogen) atoms. The largest absolute Gasteiger partial charge is 0.337 e. The van der Waals surface area contributed by atoms with E-state index in [0.29, 0.717) is 20.9 Å². The van der Waals surface area contributed by atoms with Crippen LogP contribution in [0.3, 0.4) is 0 Å². The quantitative estimate of drug-likeness (QED) is 0.654. The van der Waals surface area contributed by atoms with Crippen molar-refractivity contribution in [1.82, 2.24) is 14.5 Å². The van der Waals surface area contributed by atoms with Gasteiger partial charge in [-0.2, -0.15) is 0 Å². The normalized spacial score (nSPS) is 12.2. The summed E-state index contributed by atoms with van der Waals surface area (Å²) in [5.74, 6) is -0.218.